The van der Waals surface area contributed by atoms with Gasteiger partial charge < -0.3 is 10.1 Å². The van der Waals surface area contributed by atoms with Crippen LogP contribution in [0, 0.1) is 0 Å². The van der Waals surface area contributed by atoms with Gasteiger partial charge in [-0.2, -0.15) is 4.31 Å². The molecule has 1 N–H and O–H groups in total. The zero-order valence-corrected chi connectivity index (χ0v) is 21.2. The van der Waals surface area contributed by atoms with Crippen molar-refractivity contribution in [3.63, 3.8) is 0 Å². The molecule has 0 bridgehead atoms. The molecule has 0 unspecified atom stereocenters. The number of nitrogens with one attached hydrogen (secondary N) is 1. The first-order valence-corrected chi connectivity index (χ1v) is 13.0. The summed E-state index contributed by atoms with van der Waals surface area (Å²) in [5.74, 6) is -0.0811. The quantitative estimate of drug-likeness (QED) is 0.480. The smallest absolute Gasteiger partial charge is 0.251 e. The predicted octanol–water partition coefficient (Wildman–Crippen LogP) is 3.41. The molecule has 0 fully saturated rings. The molecule has 0 aliphatic rings. The lowest BCUT2D eigenvalue weighted by molar-refractivity contribution is 0.0934. The van der Waals surface area contributed by atoms with E-state index in [4.69, 9.17) is 4.74 Å². The molecular weight excluding hydrogens is 438 g/mol. The van der Waals surface area contributed by atoms with Crippen LogP contribution in [0.3, 0.4) is 0 Å². The standard InChI is InChI=1S/C25H37N3O4S/c1-6-27(7-2)22(17-20-13-11-10-12-14-20)19-26-25(29)21-15-16-23(32-5)24(18-21)33(30,31)28(8-3)9-4/h10-16,18,22H,6-9,17,19H2,1-5H3,(H,26,29)/t22-/m1/s1. The molecule has 2 aromatic carbocycles. The van der Waals surface area contributed by atoms with E-state index >= 15 is 0 Å². The Kier molecular flexibility index (Phi) is 10.3. The van der Waals surface area contributed by atoms with Gasteiger partial charge in [-0.15, -0.1) is 0 Å². The maximum Gasteiger partial charge on any atom is 0.251 e. The fourth-order valence-electron chi connectivity index (χ4n) is 3.99. The number of sulfonamides is 1. The van der Waals surface area contributed by atoms with Gasteiger partial charge in [0.15, 0.2) is 0 Å². The summed E-state index contributed by atoms with van der Waals surface area (Å²) >= 11 is 0. The molecular formula is C25H37N3O4S. The van der Waals surface area contributed by atoms with Crippen molar-refractivity contribution in [1.29, 1.82) is 0 Å². The summed E-state index contributed by atoms with van der Waals surface area (Å²) in [4.78, 5) is 15.3. The van der Waals surface area contributed by atoms with E-state index in [1.807, 2.05) is 18.2 Å². The van der Waals surface area contributed by atoms with E-state index in [1.165, 1.54) is 29.1 Å². The summed E-state index contributed by atoms with van der Waals surface area (Å²) in [5, 5.41) is 3.01. The lowest BCUT2D eigenvalue weighted by Crippen LogP contribution is -2.45. The number of rotatable bonds is 13. The second-order valence-electron chi connectivity index (χ2n) is 7.73. The number of likely N-dealkylation sites (N-methyl/N-ethyl adjacent to an activating group) is 1. The molecule has 2 rings (SSSR count). The summed E-state index contributed by atoms with van der Waals surface area (Å²) < 4.78 is 32.8. The van der Waals surface area contributed by atoms with Crippen molar-refractivity contribution in [2.24, 2.45) is 0 Å². The molecule has 0 heterocycles. The second kappa shape index (κ2) is 12.7. The highest BCUT2D eigenvalue weighted by atomic mass is 32.2. The van der Waals surface area contributed by atoms with E-state index in [2.05, 4.69) is 36.2 Å². The summed E-state index contributed by atoms with van der Waals surface area (Å²) in [5.41, 5.74) is 1.50. The Morgan fingerprint density at radius 2 is 1.61 bits per heavy atom. The average Bonchev–Trinajstić information content (AvgIpc) is 2.83. The van der Waals surface area contributed by atoms with Gasteiger partial charge in [0.05, 0.1) is 7.11 Å². The highest BCUT2D eigenvalue weighted by Crippen LogP contribution is 2.28. The lowest BCUT2D eigenvalue weighted by Gasteiger charge is -2.30. The van der Waals surface area contributed by atoms with Crippen LogP contribution >= 0.6 is 0 Å². The van der Waals surface area contributed by atoms with Gasteiger partial charge in [0.25, 0.3) is 5.91 Å². The fourth-order valence-corrected chi connectivity index (χ4v) is 5.63. The molecule has 8 heteroatoms. The average molecular weight is 476 g/mol. The molecule has 0 saturated carbocycles. The molecule has 0 aliphatic carbocycles. The van der Waals surface area contributed by atoms with E-state index in [-0.39, 0.29) is 22.6 Å². The first-order chi connectivity index (χ1) is 15.8. The van der Waals surface area contributed by atoms with E-state index in [1.54, 1.807) is 19.9 Å². The normalized spacial score (nSPS) is 12.7. The van der Waals surface area contributed by atoms with E-state index in [0.717, 1.165) is 19.5 Å². The third kappa shape index (κ3) is 6.79. The number of nitrogens with zero attached hydrogens (tertiary/aromatic N) is 2. The summed E-state index contributed by atoms with van der Waals surface area (Å²) in [6.07, 6.45) is 0.813. The molecule has 0 spiro atoms. The third-order valence-electron chi connectivity index (χ3n) is 5.89. The maximum atomic E-state index is 13.1. The van der Waals surface area contributed by atoms with Crippen LogP contribution in [0.25, 0.3) is 0 Å². The Hall–Kier alpha value is -2.42. The fraction of sp³-hybridized carbons (Fsp3) is 0.480. The molecule has 0 aliphatic heterocycles. The second-order valence-corrected chi connectivity index (χ2v) is 9.64. The SMILES string of the molecule is CCN(CC)[C@@H](CNC(=O)c1ccc(OC)c(S(=O)(=O)N(CC)CC)c1)Cc1ccccc1. The van der Waals surface area contributed by atoms with Gasteiger partial charge in [-0.05, 0) is 43.3 Å². The third-order valence-corrected chi connectivity index (χ3v) is 7.96. The Morgan fingerprint density at radius 1 is 0.970 bits per heavy atom. The Balaban J connectivity index is 2.25. The minimum atomic E-state index is -3.77. The van der Waals surface area contributed by atoms with Gasteiger partial charge in [0.1, 0.15) is 10.6 Å². The molecule has 0 aromatic heterocycles. The van der Waals surface area contributed by atoms with Crippen molar-refractivity contribution < 1.29 is 17.9 Å². The van der Waals surface area contributed by atoms with Gasteiger partial charge in [0.2, 0.25) is 10.0 Å². The number of carbonyl (C=O) groups excluding carboxylic acids is 1. The van der Waals surface area contributed by atoms with Crippen LogP contribution in [0.2, 0.25) is 0 Å². The van der Waals surface area contributed by atoms with Gasteiger partial charge in [-0.1, -0.05) is 58.0 Å². The van der Waals surface area contributed by atoms with Crippen molar-refractivity contribution >= 4 is 15.9 Å². The molecule has 0 saturated heterocycles. The highest BCUT2D eigenvalue weighted by Gasteiger charge is 2.27. The Bertz CT molecular complexity index is 988. The van der Waals surface area contributed by atoms with Gasteiger partial charge >= 0.3 is 0 Å². The number of benzene rings is 2. The van der Waals surface area contributed by atoms with E-state index in [0.29, 0.717) is 25.2 Å². The number of hydrogen-bond acceptors (Lipinski definition) is 5. The largest absolute Gasteiger partial charge is 0.495 e. The first kappa shape index (κ1) is 26.8. The number of amides is 1. The number of carbonyl (C=O) groups is 1. The first-order valence-electron chi connectivity index (χ1n) is 11.6. The topological polar surface area (TPSA) is 79.0 Å². The molecule has 2 aromatic rings. The van der Waals surface area contributed by atoms with Gasteiger partial charge in [0, 0.05) is 31.2 Å². The Labute approximate surface area is 198 Å². The summed E-state index contributed by atoms with van der Waals surface area (Å²) in [6.45, 7) is 10.7. The Morgan fingerprint density at radius 3 is 2.15 bits per heavy atom. The summed E-state index contributed by atoms with van der Waals surface area (Å²) in [6, 6.07) is 14.9. The lowest BCUT2D eigenvalue weighted by atomic mass is 10.0. The maximum absolute atomic E-state index is 13.1. The minimum Gasteiger partial charge on any atom is -0.495 e. The molecule has 182 valence electrons. The zero-order valence-electron chi connectivity index (χ0n) is 20.4. The monoisotopic (exact) mass is 475 g/mol. The van der Waals surface area contributed by atoms with Gasteiger partial charge in [-0.3, -0.25) is 9.69 Å². The van der Waals surface area contributed by atoms with Crippen LogP contribution in [0.4, 0.5) is 0 Å². The summed E-state index contributed by atoms with van der Waals surface area (Å²) in [7, 11) is -2.35. The van der Waals surface area contributed by atoms with Crippen LogP contribution in [0.15, 0.2) is 53.4 Å². The molecule has 1 amide bonds. The van der Waals surface area contributed by atoms with Crippen LogP contribution < -0.4 is 10.1 Å². The van der Waals surface area contributed by atoms with Crippen LogP contribution in [-0.2, 0) is 16.4 Å². The van der Waals surface area contributed by atoms with Crippen molar-refractivity contribution in [3.8, 4) is 5.75 Å². The highest BCUT2D eigenvalue weighted by molar-refractivity contribution is 7.89. The number of ether oxygens (including phenoxy) is 1. The van der Waals surface area contributed by atoms with Crippen LogP contribution in [0.1, 0.15) is 43.6 Å². The van der Waals surface area contributed by atoms with E-state index < -0.39 is 10.0 Å². The van der Waals surface area contributed by atoms with Crippen molar-refractivity contribution in [3.05, 3.63) is 59.7 Å². The molecule has 1 atom stereocenters. The van der Waals surface area contributed by atoms with Crippen molar-refractivity contribution in [2.75, 3.05) is 39.8 Å². The minimum absolute atomic E-state index is 0.00549. The van der Waals surface area contributed by atoms with Crippen LogP contribution in [-0.4, -0.2) is 69.4 Å². The molecule has 0 radical (unpaired) electrons. The van der Waals surface area contributed by atoms with Crippen LogP contribution in [0.5, 0.6) is 5.75 Å². The predicted molar refractivity (Wildman–Crippen MR) is 132 cm³/mol. The van der Waals surface area contributed by atoms with Gasteiger partial charge in [-0.25, -0.2) is 8.42 Å². The van der Waals surface area contributed by atoms with Crippen molar-refractivity contribution in [2.45, 2.75) is 45.1 Å². The number of methoxy groups -OCH3 is 1. The molecule has 33 heavy (non-hydrogen) atoms. The van der Waals surface area contributed by atoms with Crippen molar-refractivity contribution in [1.82, 2.24) is 14.5 Å². The van der Waals surface area contributed by atoms with E-state index in [9.17, 15) is 13.2 Å². The number of hydrogen-bond donors (Lipinski definition) is 1. The molecule has 7 nitrogen and oxygen atoms in total. The zero-order chi connectivity index (χ0) is 24.4.